The van der Waals surface area contributed by atoms with Crippen LogP contribution in [0.3, 0.4) is 0 Å². The first kappa shape index (κ1) is 18.6. The quantitative estimate of drug-likeness (QED) is 0.667. The van der Waals surface area contributed by atoms with Crippen LogP contribution in [0.25, 0.3) is 11.0 Å². The molecule has 4 atom stereocenters. The van der Waals surface area contributed by atoms with Gasteiger partial charge < -0.3 is 14.5 Å². The third kappa shape index (κ3) is 3.40. The Morgan fingerprint density at radius 3 is 2.72 bits per heavy atom. The van der Waals surface area contributed by atoms with Crippen LogP contribution < -0.4 is 9.80 Å². The summed E-state index contributed by atoms with van der Waals surface area (Å²) in [6, 6.07) is 2.59. The van der Waals surface area contributed by atoms with E-state index in [0.717, 1.165) is 55.1 Å². The highest BCUT2D eigenvalue weighted by Gasteiger charge is 2.55. The first-order chi connectivity index (χ1) is 14.2. The molecule has 0 amide bonds. The second-order valence-electron chi connectivity index (χ2n) is 8.71. The van der Waals surface area contributed by atoms with Gasteiger partial charge in [-0.15, -0.1) is 0 Å². The van der Waals surface area contributed by atoms with Crippen molar-refractivity contribution in [3.8, 4) is 0 Å². The Labute approximate surface area is 171 Å². The zero-order chi connectivity index (χ0) is 20.0. The van der Waals surface area contributed by atoms with Gasteiger partial charge in [-0.25, -0.2) is 9.97 Å². The molecule has 0 N–H and O–H groups in total. The number of piperidine rings is 1. The topological polar surface area (TPSA) is 71.5 Å². The van der Waals surface area contributed by atoms with Crippen LogP contribution in [0, 0.1) is 17.8 Å². The molecular weight excluding hydrogens is 366 g/mol. The number of ether oxygens (including phenoxy) is 1. The molecule has 154 valence electrons. The number of pyridine rings is 1. The number of rotatable bonds is 7. The molecule has 2 saturated heterocycles. The highest BCUT2D eigenvalue weighted by molar-refractivity contribution is 5.88. The summed E-state index contributed by atoms with van der Waals surface area (Å²) in [4.78, 5) is 30.4. The Morgan fingerprint density at radius 2 is 2.03 bits per heavy atom. The molecule has 29 heavy (non-hydrogen) atoms. The summed E-state index contributed by atoms with van der Waals surface area (Å²) in [7, 11) is 0. The van der Waals surface area contributed by atoms with Gasteiger partial charge in [0, 0.05) is 50.6 Å². The van der Waals surface area contributed by atoms with Gasteiger partial charge in [0.05, 0.1) is 12.1 Å². The molecule has 7 heteroatoms. The SMILES string of the molecule is CCCC(=O)OCC[C@@H]1[C@H]2CN(c3cc4nccnc4c(N4CC[C@@H]4C)n3)C[C@@H]12. The van der Waals surface area contributed by atoms with Crippen LogP contribution in [0.4, 0.5) is 11.6 Å². The number of carbonyl (C=O) groups excluding carboxylic acids is 1. The Balaban J connectivity index is 1.25. The second-order valence-corrected chi connectivity index (χ2v) is 8.71. The van der Waals surface area contributed by atoms with Gasteiger partial charge in [-0.2, -0.15) is 0 Å². The Bertz CT molecular complexity index is 907. The van der Waals surface area contributed by atoms with Crippen molar-refractivity contribution in [2.45, 2.75) is 45.6 Å². The van der Waals surface area contributed by atoms with Crippen LogP contribution in [0.2, 0.25) is 0 Å². The summed E-state index contributed by atoms with van der Waals surface area (Å²) in [5.74, 6) is 4.03. The van der Waals surface area contributed by atoms with Crippen molar-refractivity contribution in [2.75, 3.05) is 36.0 Å². The fourth-order valence-corrected chi connectivity index (χ4v) is 4.99. The monoisotopic (exact) mass is 395 g/mol. The first-order valence-electron chi connectivity index (χ1n) is 10.9. The van der Waals surface area contributed by atoms with Crippen molar-refractivity contribution < 1.29 is 9.53 Å². The second kappa shape index (κ2) is 7.43. The zero-order valence-electron chi connectivity index (χ0n) is 17.3. The van der Waals surface area contributed by atoms with Crippen LogP contribution in [0.5, 0.6) is 0 Å². The van der Waals surface area contributed by atoms with Crippen LogP contribution in [0.15, 0.2) is 18.5 Å². The molecule has 1 aliphatic carbocycles. The van der Waals surface area contributed by atoms with E-state index in [1.165, 1.54) is 6.42 Å². The van der Waals surface area contributed by atoms with E-state index in [1.807, 2.05) is 6.92 Å². The number of hydrogen-bond acceptors (Lipinski definition) is 7. The maximum absolute atomic E-state index is 11.5. The molecule has 0 spiro atoms. The van der Waals surface area contributed by atoms with Gasteiger partial charge in [0.15, 0.2) is 5.82 Å². The van der Waals surface area contributed by atoms with Crippen molar-refractivity contribution in [3.63, 3.8) is 0 Å². The van der Waals surface area contributed by atoms with E-state index in [-0.39, 0.29) is 5.97 Å². The van der Waals surface area contributed by atoms with E-state index in [1.54, 1.807) is 12.4 Å². The largest absolute Gasteiger partial charge is 0.466 e. The van der Waals surface area contributed by atoms with Crippen molar-refractivity contribution in [1.82, 2.24) is 15.0 Å². The number of esters is 1. The van der Waals surface area contributed by atoms with Gasteiger partial charge in [0.1, 0.15) is 11.3 Å². The first-order valence-corrected chi connectivity index (χ1v) is 10.9. The maximum Gasteiger partial charge on any atom is 0.305 e. The maximum atomic E-state index is 11.5. The standard InChI is InChI=1S/C22H29N5O2/c1-3-4-20(28)29-10-6-15-16-12-26(13-17(15)16)19-11-18-21(24-8-7-23-18)22(25-19)27-9-5-14(27)2/h7-8,11,14-17H,3-6,9-10,12-13H2,1-2H3/t14-,15-,16-,17+/m0/s1. The third-order valence-corrected chi connectivity index (χ3v) is 6.88. The number of carbonyl (C=O) groups is 1. The number of fused-ring (bicyclic) bond motifs is 2. The predicted octanol–water partition coefficient (Wildman–Crippen LogP) is 3.04. The van der Waals surface area contributed by atoms with Gasteiger partial charge in [-0.1, -0.05) is 6.92 Å². The lowest BCUT2D eigenvalue weighted by Crippen LogP contribution is -2.46. The third-order valence-electron chi connectivity index (χ3n) is 6.88. The summed E-state index contributed by atoms with van der Waals surface area (Å²) in [6.45, 7) is 7.91. The molecule has 7 nitrogen and oxygen atoms in total. The molecule has 0 unspecified atom stereocenters. The van der Waals surface area contributed by atoms with Gasteiger partial charge in [0.2, 0.25) is 0 Å². The van der Waals surface area contributed by atoms with Crippen molar-refractivity contribution in [1.29, 1.82) is 0 Å². The summed E-state index contributed by atoms with van der Waals surface area (Å²) in [5, 5.41) is 0. The summed E-state index contributed by atoms with van der Waals surface area (Å²) < 4.78 is 5.34. The van der Waals surface area contributed by atoms with Crippen LogP contribution >= 0.6 is 0 Å². The molecule has 0 bridgehead atoms. The Hall–Kier alpha value is -2.44. The van der Waals surface area contributed by atoms with Crippen LogP contribution in [0.1, 0.15) is 39.5 Å². The minimum Gasteiger partial charge on any atom is -0.466 e. The average Bonchev–Trinajstić information content (AvgIpc) is 3.16. The normalized spacial score (nSPS) is 27.7. The van der Waals surface area contributed by atoms with Crippen LogP contribution in [-0.2, 0) is 9.53 Å². The number of nitrogens with zero attached hydrogens (tertiary/aromatic N) is 5. The van der Waals surface area contributed by atoms with Gasteiger partial charge in [-0.05, 0) is 43.9 Å². The van der Waals surface area contributed by atoms with E-state index >= 15 is 0 Å². The van der Waals surface area contributed by atoms with Gasteiger partial charge >= 0.3 is 5.97 Å². The molecule has 0 aromatic carbocycles. The smallest absolute Gasteiger partial charge is 0.305 e. The lowest BCUT2D eigenvalue weighted by atomic mass is 10.1. The van der Waals surface area contributed by atoms with E-state index in [4.69, 9.17) is 9.72 Å². The lowest BCUT2D eigenvalue weighted by Gasteiger charge is -2.40. The molecule has 4 heterocycles. The van der Waals surface area contributed by atoms with Crippen molar-refractivity contribution >= 4 is 28.6 Å². The molecule has 2 aromatic rings. The van der Waals surface area contributed by atoms with Crippen molar-refractivity contribution in [2.24, 2.45) is 17.8 Å². The van der Waals surface area contributed by atoms with E-state index < -0.39 is 0 Å². The fourth-order valence-electron chi connectivity index (χ4n) is 4.99. The molecular formula is C22H29N5O2. The minimum absolute atomic E-state index is 0.0610. The lowest BCUT2D eigenvalue weighted by molar-refractivity contribution is -0.143. The number of aromatic nitrogens is 3. The Kier molecular flexibility index (Phi) is 4.76. The molecule has 5 rings (SSSR count). The van der Waals surface area contributed by atoms with Crippen molar-refractivity contribution in [3.05, 3.63) is 18.5 Å². The highest BCUT2D eigenvalue weighted by atomic mass is 16.5. The van der Waals surface area contributed by atoms with E-state index in [0.29, 0.717) is 36.8 Å². The van der Waals surface area contributed by atoms with Gasteiger partial charge in [0.25, 0.3) is 0 Å². The molecule has 2 aromatic heterocycles. The predicted molar refractivity (Wildman–Crippen MR) is 112 cm³/mol. The molecule has 3 fully saturated rings. The number of hydrogen-bond donors (Lipinski definition) is 0. The van der Waals surface area contributed by atoms with E-state index in [2.05, 4.69) is 32.8 Å². The van der Waals surface area contributed by atoms with Gasteiger partial charge in [-0.3, -0.25) is 9.78 Å². The average molecular weight is 396 g/mol. The minimum atomic E-state index is -0.0610. The summed E-state index contributed by atoms with van der Waals surface area (Å²) in [5.41, 5.74) is 1.82. The highest BCUT2D eigenvalue weighted by Crippen LogP contribution is 2.54. The molecule has 3 aliphatic rings. The molecule has 0 radical (unpaired) electrons. The molecule has 1 saturated carbocycles. The zero-order valence-corrected chi connectivity index (χ0v) is 17.3. The fraction of sp³-hybridized carbons (Fsp3) is 0.636. The summed E-state index contributed by atoms with van der Waals surface area (Å²) in [6.07, 6.45) is 7.08. The number of anilines is 2. The van der Waals surface area contributed by atoms with Crippen LogP contribution in [-0.4, -0.2) is 53.2 Å². The van der Waals surface area contributed by atoms with E-state index in [9.17, 15) is 4.79 Å². The summed E-state index contributed by atoms with van der Waals surface area (Å²) >= 11 is 0. The Morgan fingerprint density at radius 1 is 1.24 bits per heavy atom. The molecule has 2 aliphatic heterocycles.